The Morgan fingerprint density at radius 3 is 2.89 bits per heavy atom. The van der Waals surface area contributed by atoms with Gasteiger partial charge in [0, 0.05) is 38.3 Å². The number of rotatable bonds is 2. The van der Waals surface area contributed by atoms with E-state index in [-0.39, 0.29) is 0 Å². The molecule has 1 unspecified atom stereocenters. The Labute approximate surface area is 112 Å². The van der Waals surface area contributed by atoms with Crippen molar-refractivity contribution in [1.29, 1.82) is 0 Å². The number of hydrogen-bond donors (Lipinski definition) is 0. The van der Waals surface area contributed by atoms with Crippen LogP contribution in [0.15, 0.2) is 12.3 Å². The summed E-state index contributed by atoms with van der Waals surface area (Å²) in [6.45, 7) is 5.92. The van der Waals surface area contributed by atoms with Crippen LogP contribution >= 0.6 is 11.6 Å². The van der Waals surface area contributed by atoms with Crippen LogP contribution in [0.2, 0.25) is 5.15 Å². The van der Waals surface area contributed by atoms with Gasteiger partial charge in [-0.1, -0.05) is 11.6 Å². The molecule has 98 valence electrons. The summed E-state index contributed by atoms with van der Waals surface area (Å²) in [5.74, 6) is 0. The minimum atomic E-state index is 0.460. The van der Waals surface area contributed by atoms with E-state index < -0.39 is 0 Å². The molecule has 0 bridgehead atoms. The zero-order chi connectivity index (χ0) is 12.4. The topological polar surface area (TPSA) is 41.5 Å². The number of morpholine rings is 1. The van der Waals surface area contributed by atoms with Crippen LogP contribution in [0, 0.1) is 0 Å². The number of anilines is 1. The zero-order valence-electron chi connectivity index (χ0n) is 10.3. The maximum Gasteiger partial charge on any atom is 0.153 e. The van der Waals surface area contributed by atoms with Crippen molar-refractivity contribution in [3.63, 3.8) is 0 Å². The van der Waals surface area contributed by atoms with Gasteiger partial charge >= 0.3 is 0 Å². The average Bonchev–Trinajstić information content (AvgIpc) is 2.89. The van der Waals surface area contributed by atoms with Gasteiger partial charge in [-0.15, -0.1) is 5.10 Å². The van der Waals surface area contributed by atoms with Gasteiger partial charge < -0.3 is 9.64 Å². The molecule has 1 atom stereocenters. The van der Waals surface area contributed by atoms with Gasteiger partial charge in [0.2, 0.25) is 0 Å². The number of ether oxygens (including phenoxy) is 1. The Balaban J connectivity index is 1.64. The van der Waals surface area contributed by atoms with Crippen molar-refractivity contribution in [2.75, 3.05) is 44.3 Å². The Kier molecular flexibility index (Phi) is 3.63. The molecule has 1 aromatic rings. The van der Waals surface area contributed by atoms with E-state index in [1.165, 1.54) is 6.42 Å². The van der Waals surface area contributed by atoms with Gasteiger partial charge in [-0.2, -0.15) is 5.10 Å². The predicted molar refractivity (Wildman–Crippen MR) is 70.1 cm³/mol. The van der Waals surface area contributed by atoms with Gasteiger partial charge in [0.05, 0.1) is 25.1 Å². The maximum atomic E-state index is 5.88. The maximum absolute atomic E-state index is 5.88. The summed E-state index contributed by atoms with van der Waals surface area (Å²) < 4.78 is 5.40. The Bertz CT molecular complexity index is 411. The van der Waals surface area contributed by atoms with E-state index in [2.05, 4.69) is 20.0 Å². The highest BCUT2D eigenvalue weighted by molar-refractivity contribution is 6.29. The van der Waals surface area contributed by atoms with Crippen molar-refractivity contribution in [3.8, 4) is 0 Å². The van der Waals surface area contributed by atoms with Gasteiger partial charge in [-0.05, 0) is 6.42 Å². The average molecular weight is 269 g/mol. The second kappa shape index (κ2) is 5.38. The molecule has 18 heavy (non-hydrogen) atoms. The van der Waals surface area contributed by atoms with Crippen molar-refractivity contribution in [1.82, 2.24) is 15.1 Å². The second-order valence-electron chi connectivity index (χ2n) is 4.77. The summed E-state index contributed by atoms with van der Waals surface area (Å²) in [6.07, 6.45) is 2.98. The molecule has 6 heteroatoms. The number of hydrogen-bond acceptors (Lipinski definition) is 5. The fourth-order valence-corrected chi connectivity index (χ4v) is 2.88. The summed E-state index contributed by atoms with van der Waals surface area (Å²) in [5, 5.41) is 8.15. The van der Waals surface area contributed by atoms with E-state index in [1.807, 2.05) is 6.07 Å². The Morgan fingerprint density at radius 2 is 2.11 bits per heavy atom. The molecule has 1 aromatic heterocycles. The normalized spacial score (nSPS) is 25.6. The van der Waals surface area contributed by atoms with E-state index in [1.54, 1.807) is 6.20 Å². The Morgan fingerprint density at radius 1 is 1.28 bits per heavy atom. The molecule has 3 heterocycles. The van der Waals surface area contributed by atoms with Crippen LogP contribution < -0.4 is 4.90 Å². The van der Waals surface area contributed by atoms with Gasteiger partial charge in [-0.3, -0.25) is 4.90 Å². The fraction of sp³-hybridized carbons (Fsp3) is 0.667. The lowest BCUT2D eigenvalue weighted by Crippen LogP contribution is -2.44. The van der Waals surface area contributed by atoms with Crippen LogP contribution in [0.3, 0.4) is 0 Å². The first-order chi connectivity index (χ1) is 8.83. The molecular formula is C12H17ClN4O. The third-order valence-corrected chi connectivity index (χ3v) is 3.89. The largest absolute Gasteiger partial charge is 0.379 e. The smallest absolute Gasteiger partial charge is 0.153 e. The van der Waals surface area contributed by atoms with Crippen LogP contribution in [0.4, 0.5) is 5.69 Å². The minimum absolute atomic E-state index is 0.460. The number of aromatic nitrogens is 2. The van der Waals surface area contributed by atoms with Crippen molar-refractivity contribution in [3.05, 3.63) is 17.4 Å². The monoisotopic (exact) mass is 268 g/mol. The number of nitrogens with zero attached hydrogens (tertiary/aromatic N) is 4. The summed E-state index contributed by atoms with van der Waals surface area (Å²) >= 11 is 5.88. The summed E-state index contributed by atoms with van der Waals surface area (Å²) in [5.41, 5.74) is 1.07. The fourth-order valence-electron chi connectivity index (χ4n) is 2.72. The van der Waals surface area contributed by atoms with Crippen molar-refractivity contribution in [2.45, 2.75) is 12.5 Å². The molecule has 2 aliphatic rings. The molecule has 0 aromatic carbocycles. The lowest BCUT2D eigenvalue weighted by Gasteiger charge is -2.32. The molecular weight excluding hydrogens is 252 g/mol. The van der Waals surface area contributed by atoms with Crippen LogP contribution in [0.1, 0.15) is 6.42 Å². The first kappa shape index (κ1) is 12.1. The van der Waals surface area contributed by atoms with E-state index in [4.69, 9.17) is 16.3 Å². The van der Waals surface area contributed by atoms with Gasteiger partial charge in [-0.25, -0.2) is 0 Å². The highest BCUT2D eigenvalue weighted by Gasteiger charge is 2.28. The molecule has 0 amide bonds. The third kappa shape index (κ3) is 2.58. The van der Waals surface area contributed by atoms with Crippen LogP contribution in [0.25, 0.3) is 0 Å². The molecule has 0 saturated carbocycles. The lowest BCUT2D eigenvalue weighted by molar-refractivity contribution is 0.0209. The lowest BCUT2D eigenvalue weighted by atomic mass is 10.2. The molecule has 5 nitrogen and oxygen atoms in total. The zero-order valence-corrected chi connectivity index (χ0v) is 11.0. The SMILES string of the molecule is Clc1cc(N2CCC(N3CCOCC3)C2)cnn1. The van der Waals surface area contributed by atoms with Gasteiger partial charge in [0.1, 0.15) is 0 Å². The van der Waals surface area contributed by atoms with Gasteiger partial charge in [0.25, 0.3) is 0 Å². The first-order valence-electron chi connectivity index (χ1n) is 6.38. The molecule has 2 saturated heterocycles. The van der Waals surface area contributed by atoms with E-state index >= 15 is 0 Å². The minimum Gasteiger partial charge on any atom is -0.379 e. The van der Waals surface area contributed by atoms with Crippen molar-refractivity contribution >= 4 is 17.3 Å². The molecule has 2 fully saturated rings. The summed E-state index contributed by atoms with van der Waals surface area (Å²) in [7, 11) is 0. The van der Waals surface area contributed by atoms with Crippen LogP contribution in [-0.2, 0) is 4.74 Å². The third-order valence-electron chi connectivity index (χ3n) is 3.70. The summed E-state index contributed by atoms with van der Waals surface area (Å²) in [6, 6.07) is 2.51. The highest BCUT2D eigenvalue weighted by Crippen LogP contribution is 2.24. The van der Waals surface area contributed by atoms with Crippen molar-refractivity contribution < 1.29 is 4.74 Å². The molecule has 0 radical (unpaired) electrons. The highest BCUT2D eigenvalue weighted by atomic mass is 35.5. The van der Waals surface area contributed by atoms with Crippen molar-refractivity contribution in [2.24, 2.45) is 0 Å². The molecule has 0 aliphatic carbocycles. The van der Waals surface area contributed by atoms with Crippen LogP contribution in [-0.4, -0.2) is 60.5 Å². The van der Waals surface area contributed by atoms with E-state index in [0.717, 1.165) is 45.1 Å². The second-order valence-corrected chi connectivity index (χ2v) is 5.16. The van der Waals surface area contributed by atoms with E-state index in [9.17, 15) is 0 Å². The van der Waals surface area contributed by atoms with E-state index in [0.29, 0.717) is 11.2 Å². The molecule has 2 aliphatic heterocycles. The quantitative estimate of drug-likeness (QED) is 0.802. The standard InChI is InChI=1S/C12H17ClN4O/c13-12-7-11(8-14-15-12)17-2-1-10(9-17)16-3-5-18-6-4-16/h7-8,10H,1-6,9H2. The first-order valence-corrected chi connectivity index (χ1v) is 6.76. The Hall–Kier alpha value is -0.910. The molecule has 0 spiro atoms. The summed E-state index contributed by atoms with van der Waals surface area (Å²) in [4.78, 5) is 4.86. The van der Waals surface area contributed by atoms with Gasteiger partial charge in [0.15, 0.2) is 5.15 Å². The van der Waals surface area contributed by atoms with Crippen LogP contribution in [0.5, 0.6) is 0 Å². The number of halogens is 1. The predicted octanol–water partition coefficient (Wildman–Crippen LogP) is 1.04. The molecule has 0 N–H and O–H groups in total. The molecule has 3 rings (SSSR count).